The van der Waals surface area contributed by atoms with Crippen molar-refractivity contribution >= 4 is 24.4 Å². The molecule has 0 aliphatic carbocycles. The highest BCUT2D eigenvalue weighted by molar-refractivity contribution is 6.95. The molecular formula is C20H20O2Si. The van der Waals surface area contributed by atoms with Crippen LogP contribution < -0.4 is 25.0 Å². The number of rotatable bonds is 5. The van der Waals surface area contributed by atoms with Gasteiger partial charge in [0.1, 0.15) is 20.3 Å². The number of methoxy groups -OCH3 is 2. The van der Waals surface area contributed by atoms with Crippen LogP contribution >= 0.6 is 0 Å². The van der Waals surface area contributed by atoms with Crippen LogP contribution in [0, 0.1) is 0 Å². The summed E-state index contributed by atoms with van der Waals surface area (Å²) < 4.78 is 10.9. The highest BCUT2D eigenvalue weighted by Gasteiger charge is 2.20. The molecule has 0 atom stereocenters. The van der Waals surface area contributed by atoms with Crippen LogP contribution in [0.25, 0.3) is 0 Å². The molecule has 3 aromatic carbocycles. The van der Waals surface area contributed by atoms with E-state index in [0.717, 1.165) is 11.5 Å². The van der Waals surface area contributed by atoms with Crippen LogP contribution in [-0.2, 0) is 0 Å². The van der Waals surface area contributed by atoms with E-state index >= 15 is 0 Å². The van der Waals surface area contributed by atoms with Gasteiger partial charge in [-0.2, -0.15) is 0 Å². The smallest absolute Gasteiger partial charge is 0.133 e. The van der Waals surface area contributed by atoms with Gasteiger partial charge in [-0.3, -0.25) is 0 Å². The second-order valence-corrected chi connectivity index (χ2v) is 8.27. The van der Waals surface area contributed by atoms with Gasteiger partial charge in [-0.25, -0.2) is 0 Å². The molecule has 0 radical (unpaired) electrons. The minimum Gasteiger partial charge on any atom is -0.497 e. The first-order valence-corrected chi connectivity index (χ1v) is 9.38. The van der Waals surface area contributed by atoms with Gasteiger partial charge in [-0.1, -0.05) is 71.0 Å². The summed E-state index contributed by atoms with van der Waals surface area (Å²) in [5.74, 6) is 1.67. The van der Waals surface area contributed by atoms with E-state index in [1.54, 1.807) is 14.2 Å². The van der Waals surface area contributed by atoms with Crippen LogP contribution in [0.4, 0.5) is 0 Å². The molecular weight excluding hydrogens is 300 g/mol. The predicted molar refractivity (Wildman–Crippen MR) is 98.5 cm³/mol. The summed E-state index contributed by atoms with van der Waals surface area (Å²) in [6.07, 6.45) is 0. The summed E-state index contributed by atoms with van der Waals surface area (Å²) >= 11 is 0. The number of ether oxygens (including phenoxy) is 2. The maximum Gasteiger partial charge on any atom is 0.133 e. The topological polar surface area (TPSA) is 18.5 Å². The maximum absolute atomic E-state index is 5.46. The van der Waals surface area contributed by atoms with Crippen LogP contribution in [0.1, 0.15) is 0 Å². The molecule has 0 N–H and O–H groups in total. The lowest BCUT2D eigenvalue weighted by molar-refractivity contribution is 0.395. The van der Waals surface area contributed by atoms with Gasteiger partial charge in [-0.15, -0.1) is 0 Å². The molecule has 3 aromatic rings. The largest absolute Gasteiger partial charge is 0.497 e. The second-order valence-electron chi connectivity index (χ2n) is 5.40. The van der Waals surface area contributed by atoms with Gasteiger partial charge in [0, 0.05) is 6.07 Å². The minimum absolute atomic E-state index is 0.837. The van der Waals surface area contributed by atoms with E-state index in [1.807, 2.05) is 6.07 Å². The average Bonchev–Trinajstić information content (AvgIpc) is 2.63. The van der Waals surface area contributed by atoms with Crippen molar-refractivity contribution in [2.45, 2.75) is 0 Å². The molecule has 3 heteroatoms. The highest BCUT2D eigenvalue weighted by atomic mass is 28.3. The molecule has 0 aliphatic heterocycles. The average molecular weight is 320 g/mol. The fourth-order valence-electron chi connectivity index (χ4n) is 2.86. The number of hydrogen-bond acceptors (Lipinski definition) is 2. The molecule has 0 amide bonds. The molecule has 3 rings (SSSR count). The summed E-state index contributed by atoms with van der Waals surface area (Å²) in [4.78, 5) is 0. The van der Waals surface area contributed by atoms with Crippen molar-refractivity contribution in [1.29, 1.82) is 0 Å². The molecule has 0 saturated heterocycles. The van der Waals surface area contributed by atoms with Crippen molar-refractivity contribution in [3.63, 3.8) is 0 Å². The van der Waals surface area contributed by atoms with Crippen LogP contribution in [0.2, 0.25) is 0 Å². The summed E-state index contributed by atoms with van der Waals surface area (Å²) in [5.41, 5.74) is 0. The van der Waals surface area contributed by atoms with Crippen molar-refractivity contribution in [1.82, 2.24) is 0 Å². The summed E-state index contributed by atoms with van der Waals surface area (Å²) in [6.45, 7) is 0. The first-order valence-electron chi connectivity index (χ1n) is 7.64. The second kappa shape index (κ2) is 7.16. The third-order valence-electron chi connectivity index (χ3n) is 3.97. The van der Waals surface area contributed by atoms with E-state index < -0.39 is 8.80 Å². The zero-order valence-electron chi connectivity index (χ0n) is 13.4. The van der Waals surface area contributed by atoms with E-state index in [9.17, 15) is 0 Å². The van der Waals surface area contributed by atoms with Crippen molar-refractivity contribution in [3.05, 3.63) is 78.9 Å². The van der Waals surface area contributed by atoms with Gasteiger partial charge >= 0.3 is 0 Å². The first kappa shape index (κ1) is 15.4. The number of hydrogen-bond donors (Lipinski definition) is 0. The first-order chi connectivity index (χ1) is 11.3. The summed E-state index contributed by atoms with van der Waals surface area (Å²) in [7, 11) is 1.84. The van der Waals surface area contributed by atoms with Crippen molar-refractivity contribution in [3.8, 4) is 11.5 Å². The van der Waals surface area contributed by atoms with Gasteiger partial charge in [0.2, 0.25) is 0 Å². The van der Waals surface area contributed by atoms with Crippen LogP contribution in [0.3, 0.4) is 0 Å². The Kier molecular flexibility index (Phi) is 4.79. The maximum atomic E-state index is 5.46. The molecule has 0 fully saturated rings. The Bertz CT molecular complexity index is 695. The zero-order valence-corrected chi connectivity index (χ0v) is 14.6. The molecule has 2 nitrogen and oxygen atoms in total. The third kappa shape index (κ3) is 3.46. The van der Waals surface area contributed by atoms with E-state index in [-0.39, 0.29) is 0 Å². The Labute approximate surface area is 138 Å². The fourth-order valence-corrected chi connectivity index (χ4v) is 5.90. The molecule has 0 saturated carbocycles. The van der Waals surface area contributed by atoms with Crippen LogP contribution in [-0.4, -0.2) is 23.0 Å². The van der Waals surface area contributed by atoms with Gasteiger partial charge in [-0.05, 0) is 17.3 Å². The van der Waals surface area contributed by atoms with E-state index in [0.29, 0.717) is 0 Å². The Hall–Kier alpha value is -2.52. The summed E-state index contributed by atoms with van der Waals surface area (Å²) in [6, 6.07) is 27.6. The van der Waals surface area contributed by atoms with Crippen LogP contribution in [0.15, 0.2) is 78.9 Å². The third-order valence-corrected chi connectivity index (χ3v) is 7.08. The van der Waals surface area contributed by atoms with Crippen LogP contribution in [0.5, 0.6) is 11.5 Å². The lowest BCUT2D eigenvalue weighted by atomic mass is 10.3. The molecule has 0 aromatic heterocycles. The van der Waals surface area contributed by atoms with Crippen molar-refractivity contribution < 1.29 is 9.47 Å². The monoisotopic (exact) mass is 320 g/mol. The molecule has 0 spiro atoms. The van der Waals surface area contributed by atoms with Gasteiger partial charge in [0.25, 0.3) is 0 Å². The molecule has 0 bridgehead atoms. The van der Waals surface area contributed by atoms with Gasteiger partial charge in [0.05, 0.1) is 14.2 Å². The molecule has 23 heavy (non-hydrogen) atoms. The lowest BCUT2D eigenvalue weighted by Crippen LogP contribution is -2.51. The minimum atomic E-state index is -1.55. The normalized spacial score (nSPS) is 10.6. The molecule has 116 valence electrons. The van der Waals surface area contributed by atoms with E-state index in [1.165, 1.54) is 15.6 Å². The molecule has 0 aliphatic rings. The highest BCUT2D eigenvalue weighted by Crippen LogP contribution is 2.17. The fraction of sp³-hybridized carbons (Fsp3) is 0.100. The van der Waals surface area contributed by atoms with Gasteiger partial charge < -0.3 is 9.47 Å². The van der Waals surface area contributed by atoms with Gasteiger partial charge in [0.15, 0.2) is 0 Å². The lowest BCUT2D eigenvalue weighted by Gasteiger charge is -2.19. The zero-order chi connectivity index (χ0) is 16.1. The SMILES string of the molecule is COc1cc(OC)cc([SiH](c2ccccc2)c2ccccc2)c1. The molecule has 0 unspecified atom stereocenters. The van der Waals surface area contributed by atoms with E-state index in [2.05, 4.69) is 72.8 Å². The van der Waals surface area contributed by atoms with Crippen molar-refractivity contribution in [2.24, 2.45) is 0 Å². The summed E-state index contributed by atoms with van der Waals surface area (Å²) in [5, 5.41) is 4.06. The quantitative estimate of drug-likeness (QED) is 0.528. The predicted octanol–water partition coefficient (Wildman–Crippen LogP) is 1.95. The Morgan fingerprint density at radius 3 is 1.39 bits per heavy atom. The Morgan fingerprint density at radius 1 is 0.565 bits per heavy atom. The van der Waals surface area contributed by atoms with Crippen molar-refractivity contribution in [2.75, 3.05) is 14.2 Å². The Balaban J connectivity index is 2.16. The van der Waals surface area contributed by atoms with E-state index in [4.69, 9.17) is 9.47 Å². The Morgan fingerprint density at radius 2 is 1.00 bits per heavy atom. The number of benzene rings is 3. The standard InChI is InChI=1S/C20H20O2Si/c1-21-16-13-17(22-2)15-20(14-16)23(18-9-5-3-6-10-18)19-11-7-4-8-12-19/h3-15,23H,1-2H3. The molecule has 0 heterocycles.